The highest BCUT2D eigenvalue weighted by Gasteiger charge is 2.20. The molecule has 3 rings (SSSR count). The van der Waals surface area contributed by atoms with E-state index >= 15 is 0 Å². The summed E-state index contributed by atoms with van der Waals surface area (Å²) in [7, 11) is 0. The smallest absolute Gasteiger partial charge is 0.326 e. The third-order valence-electron chi connectivity index (χ3n) is 4.23. The topological polar surface area (TPSA) is 71.3 Å². The number of rotatable bonds is 7. The van der Waals surface area contributed by atoms with Crippen LogP contribution < -0.4 is 5.32 Å². The Morgan fingerprint density at radius 1 is 1.12 bits per heavy atom. The number of nitrogens with zero attached hydrogens (tertiary/aromatic N) is 1. The van der Waals surface area contributed by atoms with Gasteiger partial charge in [-0.15, -0.1) is 0 Å². The Morgan fingerprint density at radius 3 is 2.62 bits per heavy atom. The monoisotopic (exact) mass is 370 g/mol. The maximum atomic E-state index is 12.2. The van der Waals surface area contributed by atoms with Crippen molar-refractivity contribution < 1.29 is 14.7 Å². The first-order valence-electron chi connectivity index (χ1n) is 8.33. The van der Waals surface area contributed by atoms with Crippen LogP contribution in [0.1, 0.15) is 12.0 Å². The van der Waals surface area contributed by atoms with Gasteiger partial charge in [0.2, 0.25) is 5.91 Å². The maximum absolute atomic E-state index is 12.2. The number of nitrogens with one attached hydrogen (secondary N) is 1. The van der Waals surface area contributed by atoms with Gasteiger partial charge in [-0.05, 0) is 29.1 Å². The minimum Gasteiger partial charge on any atom is -0.480 e. The second-order valence-corrected chi connectivity index (χ2v) is 6.55. The van der Waals surface area contributed by atoms with E-state index in [4.69, 9.17) is 11.6 Å². The van der Waals surface area contributed by atoms with Crippen molar-refractivity contribution in [3.05, 3.63) is 71.4 Å². The van der Waals surface area contributed by atoms with Crippen molar-refractivity contribution in [3.63, 3.8) is 0 Å². The van der Waals surface area contributed by atoms with Gasteiger partial charge < -0.3 is 15.0 Å². The first kappa shape index (κ1) is 18.0. The van der Waals surface area contributed by atoms with Crippen molar-refractivity contribution >= 4 is 34.4 Å². The third-order valence-corrected chi connectivity index (χ3v) is 4.47. The second-order valence-electron chi connectivity index (χ2n) is 6.11. The molecule has 0 aliphatic carbocycles. The molecule has 1 amide bonds. The molecule has 0 aliphatic heterocycles. The Bertz CT molecular complexity index is 921. The molecule has 5 nitrogen and oxygen atoms in total. The van der Waals surface area contributed by atoms with Crippen LogP contribution in [-0.2, 0) is 22.6 Å². The van der Waals surface area contributed by atoms with Crippen molar-refractivity contribution in [2.75, 3.05) is 0 Å². The summed E-state index contributed by atoms with van der Waals surface area (Å²) in [6.45, 7) is 0.452. The molecular weight excluding hydrogens is 352 g/mol. The van der Waals surface area contributed by atoms with Gasteiger partial charge in [0.25, 0.3) is 0 Å². The summed E-state index contributed by atoms with van der Waals surface area (Å²) in [6.07, 6.45) is 2.34. The van der Waals surface area contributed by atoms with Crippen LogP contribution in [0.25, 0.3) is 10.9 Å². The highest BCUT2D eigenvalue weighted by Crippen LogP contribution is 2.20. The van der Waals surface area contributed by atoms with Crippen LogP contribution in [0.4, 0.5) is 0 Å². The molecule has 3 aromatic rings. The van der Waals surface area contributed by atoms with Crippen molar-refractivity contribution in [1.29, 1.82) is 0 Å². The molecular formula is C20H19ClN2O3. The molecule has 0 saturated heterocycles. The Labute approximate surface area is 156 Å². The minimum absolute atomic E-state index is 0.189. The summed E-state index contributed by atoms with van der Waals surface area (Å²) < 4.78 is 1.94. The lowest BCUT2D eigenvalue weighted by molar-refractivity contribution is -0.141. The number of hydrogen-bond acceptors (Lipinski definition) is 2. The average molecular weight is 371 g/mol. The number of carbonyl (C=O) groups is 2. The van der Waals surface area contributed by atoms with Crippen molar-refractivity contribution in [2.45, 2.75) is 25.4 Å². The molecule has 0 radical (unpaired) electrons. The molecule has 0 saturated carbocycles. The first-order chi connectivity index (χ1) is 12.5. The van der Waals surface area contributed by atoms with Crippen LogP contribution >= 0.6 is 11.6 Å². The summed E-state index contributed by atoms with van der Waals surface area (Å²) in [6, 6.07) is 15.9. The molecule has 1 aromatic heterocycles. The Morgan fingerprint density at radius 2 is 1.88 bits per heavy atom. The molecule has 1 heterocycles. The van der Waals surface area contributed by atoms with E-state index in [0.717, 1.165) is 16.5 Å². The lowest BCUT2D eigenvalue weighted by Gasteiger charge is -2.15. The van der Waals surface area contributed by atoms with Crippen LogP contribution in [0, 0.1) is 0 Å². The predicted molar refractivity (Wildman–Crippen MR) is 101 cm³/mol. The van der Waals surface area contributed by atoms with Crippen LogP contribution in [-0.4, -0.2) is 27.6 Å². The molecule has 0 bridgehead atoms. The van der Waals surface area contributed by atoms with Crippen molar-refractivity contribution in [2.24, 2.45) is 0 Å². The van der Waals surface area contributed by atoms with E-state index in [9.17, 15) is 14.7 Å². The summed E-state index contributed by atoms with van der Waals surface area (Å²) in [4.78, 5) is 23.7. The number of halogens is 1. The van der Waals surface area contributed by atoms with Crippen LogP contribution in [0.3, 0.4) is 0 Å². The zero-order valence-corrected chi connectivity index (χ0v) is 14.8. The number of amides is 1. The molecule has 1 atom stereocenters. The molecule has 6 heteroatoms. The second kappa shape index (κ2) is 8.06. The van der Waals surface area contributed by atoms with Crippen molar-refractivity contribution in [1.82, 2.24) is 9.88 Å². The molecule has 0 fully saturated rings. The van der Waals surface area contributed by atoms with E-state index in [1.165, 1.54) is 0 Å². The number of aromatic nitrogens is 1. The van der Waals surface area contributed by atoms with Gasteiger partial charge in [0.05, 0.1) is 0 Å². The Hall–Kier alpha value is -2.79. The standard InChI is InChI=1S/C20H19ClN2O3/c21-16-7-6-15-8-10-23(18(15)13-16)11-9-19(24)22-17(20(25)26)12-14-4-2-1-3-5-14/h1-8,10,13,17H,9,11-12H2,(H,22,24)(H,25,26)/t17-/m1/s1. The molecule has 26 heavy (non-hydrogen) atoms. The van der Waals surface area contributed by atoms with Gasteiger partial charge in [0.1, 0.15) is 6.04 Å². The molecule has 0 spiro atoms. The lowest BCUT2D eigenvalue weighted by atomic mass is 10.1. The van der Waals surface area contributed by atoms with Gasteiger partial charge in [-0.3, -0.25) is 4.79 Å². The number of aliphatic carboxylic acids is 1. The van der Waals surface area contributed by atoms with E-state index in [0.29, 0.717) is 11.6 Å². The summed E-state index contributed by atoms with van der Waals surface area (Å²) >= 11 is 6.03. The highest BCUT2D eigenvalue weighted by atomic mass is 35.5. The quantitative estimate of drug-likeness (QED) is 0.668. The molecule has 2 N–H and O–H groups in total. The van der Waals surface area contributed by atoms with Gasteiger partial charge in [-0.25, -0.2) is 4.79 Å². The number of benzene rings is 2. The minimum atomic E-state index is -1.04. The fourth-order valence-electron chi connectivity index (χ4n) is 2.89. The van der Waals surface area contributed by atoms with Gasteiger partial charge in [-0.1, -0.05) is 48.0 Å². The third kappa shape index (κ3) is 4.43. The van der Waals surface area contributed by atoms with Crippen LogP contribution in [0.5, 0.6) is 0 Å². The Balaban J connectivity index is 1.61. The zero-order chi connectivity index (χ0) is 18.5. The van der Waals surface area contributed by atoms with Gasteiger partial charge in [0.15, 0.2) is 0 Å². The van der Waals surface area contributed by atoms with Gasteiger partial charge >= 0.3 is 5.97 Å². The molecule has 0 aliphatic rings. The molecule has 2 aromatic carbocycles. The van der Waals surface area contributed by atoms with Gasteiger partial charge in [-0.2, -0.15) is 0 Å². The number of carboxylic acids is 1. The van der Waals surface area contributed by atoms with Gasteiger partial charge in [0, 0.05) is 36.1 Å². The van der Waals surface area contributed by atoms with E-state index < -0.39 is 12.0 Å². The fourth-order valence-corrected chi connectivity index (χ4v) is 3.06. The number of fused-ring (bicyclic) bond motifs is 1. The number of carbonyl (C=O) groups excluding carboxylic acids is 1. The van der Waals surface area contributed by atoms with Crippen LogP contribution in [0.2, 0.25) is 5.02 Å². The highest BCUT2D eigenvalue weighted by molar-refractivity contribution is 6.31. The number of aryl methyl sites for hydroxylation is 1. The van der Waals surface area contributed by atoms with E-state index in [2.05, 4.69) is 5.32 Å². The van der Waals surface area contributed by atoms with Crippen LogP contribution in [0.15, 0.2) is 60.8 Å². The fraction of sp³-hybridized carbons (Fsp3) is 0.200. The molecule has 134 valence electrons. The Kier molecular flexibility index (Phi) is 5.58. The normalized spacial score (nSPS) is 12.0. The van der Waals surface area contributed by atoms with E-state index in [-0.39, 0.29) is 18.7 Å². The number of hydrogen-bond donors (Lipinski definition) is 2. The largest absolute Gasteiger partial charge is 0.480 e. The first-order valence-corrected chi connectivity index (χ1v) is 8.71. The zero-order valence-electron chi connectivity index (χ0n) is 14.1. The number of carboxylic acid groups (broad SMARTS) is 1. The maximum Gasteiger partial charge on any atom is 0.326 e. The summed E-state index contributed by atoms with van der Waals surface area (Å²) in [5.74, 6) is -1.34. The van der Waals surface area contributed by atoms with E-state index in [1.807, 2.05) is 65.4 Å². The SMILES string of the molecule is O=C(CCn1ccc2ccc(Cl)cc21)N[C@H](Cc1ccccc1)C(=O)O. The lowest BCUT2D eigenvalue weighted by Crippen LogP contribution is -2.42. The molecule has 0 unspecified atom stereocenters. The summed E-state index contributed by atoms with van der Waals surface area (Å²) in [5.41, 5.74) is 1.82. The van der Waals surface area contributed by atoms with Crippen molar-refractivity contribution in [3.8, 4) is 0 Å². The average Bonchev–Trinajstić information content (AvgIpc) is 3.02. The van der Waals surface area contributed by atoms with E-state index in [1.54, 1.807) is 0 Å². The summed E-state index contributed by atoms with van der Waals surface area (Å²) in [5, 5.41) is 13.7. The predicted octanol–water partition coefficient (Wildman–Crippen LogP) is 3.50.